The predicted octanol–water partition coefficient (Wildman–Crippen LogP) is -1.86. The molecule has 0 spiro atoms. The van der Waals surface area contributed by atoms with Crippen molar-refractivity contribution in [3.05, 3.63) is 22.7 Å². The van der Waals surface area contributed by atoms with Crippen molar-refractivity contribution in [2.24, 2.45) is 0 Å². The van der Waals surface area contributed by atoms with E-state index in [0.29, 0.717) is 10.6 Å². The summed E-state index contributed by atoms with van der Waals surface area (Å²) in [5.41, 5.74) is 5.70. The summed E-state index contributed by atoms with van der Waals surface area (Å²) in [7, 11) is -4.51. The van der Waals surface area contributed by atoms with Gasteiger partial charge in [0.25, 0.3) is 0 Å². The van der Waals surface area contributed by atoms with Crippen LogP contribution in [0.25, 0.3) is 0 Å². The summed E-state index contributed by atoms with van der Waals surface area (Å²) in [4.78, 5) is -0.422. The van der Waals surface area contributed by atoms with Crippen LogP contribution in [0.5, 0.6) is 0 Å². The summed E-state index contributed by atoms with van der Waals surface area (Å²) >= 11 is 5.66. The minimum Gasteiger partial charge on any atom is -0.744 e. The van der Waals surface area contributed by atoms with Crippen molar-refractivity contribution in [3.8, 4) is 0 Å². The Labute approximate surface area is 99.4 Å². The quantitative estimate of drug-likeness (QED) is 0.346. The van der Waals surface area contributed by atoms with Crippen LogP contribution in [0.4, 0.5) is 5.69 Å². The maximum atomic E-state index is 10.6. The zero-order valence-electron chi connectivity index (χ0n) is 7.74. The Balaban J connectivity index is 0.00000169. The van der Waals surface area contributed by atoms with Gasteiger partial charge >= 0.3 is 18.9 Å². The van der Waals surface area contributed by atoms with Gasteiger partial charge in [0.15, 0.2) is 0 Å². The smallest absolute Gasteiger partial charge is 0.744 e. The molecule has 7 heteroatoms. The van der Waals surface area contributed by atoms with Gasteiger partial charge in [0.05, 0.1) is 10.6 Å². The summed E-state index contributed by atoms with van der Waals surface area (Å²) in [6.07, 6.45) is 0. The second-order valence-corrected chi connectivity index (χ2v) is 4.35. The molecule has 14 heavy (non-hydrogen) atoms. The van der Waals surface area contributed by atoms with Crippen LogP contribution in [0.15, 0.2) is 17.0 Å². The predicted molar refractivity (Wildman–Crippen MR) is 48.6 cm³/mol. The van der Waals surface area contributed by atoms with Gasteiger partial charge in [-0.15, -0.1) is 0 Å². The average molecular weight is 228 g/mol. The summed E-state index contributed by atoms with van der Waals surface area (Å²) in [6.45, 7) is 1.59. The SMILES string of the molecule is Cc1cc(S(=O)(=O)[O-])c(N)cc1Cl.[Li+]. The molecule has 0 amide bonds. The van der Waals surface area contributed by atoms with Gasteiger partial charge in [0.1, 0.15) is 10.1 Å². The van der Waals surface area contributed by atoms with Crippen molar-refractivity contribution in [1.82, 2.24) is 0 Å². The Morgan fingerprint density at radius 1 is 1.43 bits per heavy atom. The fraction of sp³-hybridized carbons (Fsp3) is 0.143. The fourth-order valence-electron chi connectivity index (χ4n) is 0.887. The van der Waals surface area contributed by atoms with Crippen LogP contribution < -0.4 is 24.6 Å². The number of hydrogen-bond donors (Lipinski definition) is 1. The number of halogens is 1. The molecule has 0 atom stereocenters. The molecule has 1 aromatic rings. The Morgan fingerprint density at radius 2 is 1.93 bits per heavy atom. The standard InChI is InChI=1S/C7H8ClNO3S.Li/c1-4-2-7(13(10,11)12)6(9)3-5(4)8;/h2-3H,9H2,1H3,(H,10,11,12);/q;+1/p-1. The minimum absolute atomic E-state index is 0. The maximum absolute atomic E-state index is 10.6. The molecule has 72 valence electrons. The number of nitrogen functional groups attached to an aromatic ring is 1. The van der Waals surface area contributed by atoms with Gasteiger partial charge in [-0.05, 0) is 24.6 Å². The minimum atomic E-state index is -4.51. The fourth-order valence-corrected chi connectivity index (χ4v) is 1.73. The molecule has 0 saturated heterocycles. The molecule has 0 aliphatic carbocycles. The van der Waals surface area contributed by atoms with Gasteiger partial charge in [-0.2, -0.15) is 0 Å². The van der Waals surface area contributed by atoms with E-state index in [9.17, 15) is 13.0 Å². The van der Waals surface area contributed by atoms with Gasteiger partial charge in [0, 0.05) is 5.02 Å². The van der Waals surface area contributed by atoms with Crippen molar-refractivity contribution >= 4 is 27.4 Å². The number of hydrogen-bond acceptors (Lipinski definition) is 4. The van der Waals surface area contributed by atoms with Crippen molar-refractivity contribution < 1.29 is 31.8 Å². The molecular formula is C7H7ClLiNO3S. The van der Waals surface area contributed by atoms with E-state index in [2.05, 4.69) is 0 Å². The van der Waals surface area contributed by atoms with E-state index in [4.69, 9.17) is 17.3 Å². The first-order valence-corrected chi connectivity index (χ1v) is 5.12. The molecule has 0 saturated carbocycles. The van der Waals surface area contributed by atoms with Gasteiger partial charge in [-0.3, -0.25) is 0 Å². The van der Waals surface area contributed by atoms with E-state index in [1.54, 1.807) is 6.92 Å². The van der Waals surface area contributed by atoms with Crippen LogP contribution in [0, 0.1) is 6.92 Å². The molecule has 0 radical (unpaired) electrons. The van der Waals surface area contributed by atoms with Crippen molar-refractivity contribution in [2.75, 3.05) is 5.73 Å². The van der Waals surface area contributed by atoms with E-state index >= 15 is 0 Å². The van der Waals surface area contributed by atoms with E-state index in [0.717, 1.165) is 0 Å². The summed E-state index contributed by atoms with van der Waals surface area (Å²) in [6, 6.07) is 2.42. The van der Waals surface area contributed by atoms with E-state index in [1.165, 1.54) is 12.1 Å². The van der Waals surface area contributed by atoms with Gasteiger partial charge in [0.2, 0.25) is 0 Å². The van der Waals surface area contributed by atoms with Gasteiger partial charge in [-0.25, -0.2) is 8.42 Å². The molecule has 0 aliphatic rings. The van der Waals surface area contributed by atoms with E-state index in [-0.39, 0.29) is 24.5 Å². The van der Waals surface area contributed by atoms with Crippen molar-refractivity contribution in [2.45, 2.75) is 11.8 Å². The Kier molecular flexibility index (Phi) is 4.50. The number of nitrogens with two attached hydrogens (primary N) is 1. The monoisotopic (exact) mass is 227 g/mol. The summed E-state index contributed by atoms with van der Waals surface area (Å²) in [5, 5.41) is 0.338. The molecule has 0 aromatic heterocycles. The van der Waals surface area contributed by atoms with Gasteiger partial charge in [-0.1, -0.05) is 11.6 Å². The molecule has 4 nitrogen and oxygen atoms in total. The molecule has 0 heterocycles. The summed E-state index contributed by atoms with van der Waals surface area (Å²) < 4.78 is 31.9. The zero-order valence-corrected chi connectivity index (χ0v) is 9.32. The third-order valence-corrected chi connectivity index (χ3v) is 2.86. The van der Waals surface area contributed by atoms with E-state index < -0.39 is 15.0 Å². The number of aryl methyl sites for hydroxylation is 1. The molecule has 0 bridgehead atoms. The molecule has 1 rings (SSSR count). The van der Waals surface area contributed by atoms with Crippen LogP contribution in [0.2, 0.25) is 5.02 Å². The second-order valence-electron chi connectivity index (χ2n) is 2.59. The molecular weight excluding hydrogens is 221 g/mol. The third kappa shape index (κ3) is 2.91. The van der Waals surface area contributed by atoms with Crippen molar-refractivity contribution in [3.63, 3.8) is 0 Å². The van der Waals surface area contributed by atoms with E-state index in [1.807, 2.05) is 0 Å². The first-order valence-electron chi connectivity index (χ1n) is 3.34. The molecule has 0 aliphatic heterocycles. The maximum Gasteiger partial charge on any atom is 1.00 e. The first kappa shape index (κ1) is 13.8. The largest absolute Gasteiger partial charge is 1.00 e. The van der Waals surface area contributed by atoms with Crippen molar-refractivity contribution in [1.29, 1.82) is 0 Å². The topological polar surface area (TPSA) is 83.2 Å². The van der Waals surface area contributed by atoms with Crippen LogP contribution in [0.3, 0.4) is 0 Å². The normalized spacial score (nSPS) is 10.8. The van der Waals surface area contributed by atoms with Crippen LogP contribution in [-0.2, 0) is 10.1 Å². The first-order chi connectivity index (χ1) is 5.82. The summed E-state index contributed by atoms with van der Waals surface area (Å²) in [5.74, 6) is 0. The third-order valence-electron chi connectivity index (χ3n) is 1.56. The molecule has 0 fully saturated rings. The number of benzene rings is 1. The Morgan fingerprint density at radius 3 is 2.36 bits per heavy atom. The Bertz CT molecular complexity index is 446. The number of rotatable bonds is 1. The van der Waals surface area contributed by atoms with Gasteiger partial charge < -0.3 is 10.3 Å². The number of anilines is 1. The van der Waals surface area contributed by atoms with Crippen LogP contribution >= 0.6 is 11.6 Å². The molecule has 2 N–H and O–H groups in total. The molecule has 1 aromatic carbocycles. The second kappa shape index (κ2) is 4.56. The molecule has 0 unspecified atom stereocenters. The van der Waals surface area contributed by atoms with Crippen LogP contribution in [-0.4, -0.2) is 13.0 Å². The van der Waals surface area contributed by atoms with Crippen LogP contribution in [0.1, 0.15) is 5.56 Å². The average Bonchev–Trinajstić information content (AvgIpc) is 1.94. The Hall–Kier alpha value is -0.183. The zero-order chi connectivity index (χ0) is 10.2.